The van der Waals surface area contributed by atoms with Gasteiger partial charge >= 0.3 is 0 Å². The third-order valence-corrected chi connectivity index (χ3v) is 4.44. The molecule has 0 bridgehead atoms. The van der Waals surface area contributed by atoms with Gasteiger partial charge in [-0.05, 0) is 35.9 Å². The number of methoxy groups -OCH3 is 1. The van der Waals surface area contributed by atoms with Crippen molar-refractivity contribution in [3.8, 4) is 5.75 Å². The van der Waals surface area contributed by atoms with E-state index in [1.54, 1.807) is 13.3 Å². The number of ether oxygens (including phenoxy) is 1. The Hall–Kier alpha value is -3.61. The largest absolute Gasteiger partial charge is 0.497 e. The van der Waals surface area contributed by atoms with Crippen LogP contribution < -0.4 is 15.2 Å². The SMILES string of the molecule is COc1ccc2[nH]c3c(=O)n(/N=C\c4ccc(N(C)C)cc4)cnc3c2c1. The standard InChI is InChI=1S/C20H19N5O2/c1-24(2)14-6-4-13(5-7-14)11-22-25-12-21-18-16-10-15(27-3)8-9-17(16)23-19(18)20(25)26/h4-12,23H,1-3H3/b22-11-. The summed E-state index contributed by atoms with van der Waals surface area (Å²) in [5.74, 6) is 0.716. The summed E-state index contributed by atoms with van der Waals surface area (Å²) in [5, 5.41) is 5.11. The van der Waals surface area contributed by atoms with Gasteiger partial charge in [-0.1, -0.05) is 12.1 Å². The fraction of sp³-hybridized carbons (Fsp3) is 0.150. The van der Waals surface area contributed by atoms with Crippen molar-refractivity contribution in [2.45, 2.75) is 0 Å². The van der Waals surface area contributed by atoms with E-state index in [4.69, 9.17) is 4.74 Å². The van der Waals surface area contributed by atoms with E-state index in [0.717, 1.165) is 22.2 Å². The third kappa shape index (κ3) is 3.03. The van der Waals surface area contributed by atoms with E-state index in [2.05, 4.69) is 15.1 Å². The highest BCUT2D eigenvalue weighted by atomic mass is 16.5. The highest BCUT2D eigenvalue weighted by molar-refractivity contribution is 6.04. The number of fused-ring (bicyclic) bond motifs is 3. The second kappa shape index (κ2) is 6.60. The van der Waals surface area contributed by atoms with Crippen LogP contribution in [0.4, 0.5) is 5.69 Å². The molecule has 0 saturated carbocycles. The lowest BCUT2D eigenvalue weighted by Gasteiger charge is -2.11. The number of aromatic amines is 1. The predicted octanol–water partition coefficient (Wildman–Crippen LogP) is 2.83. The van der Waals surface area contributed by atoms with Crippen molar-refractivity contribution in [1.82, 2.24) is 14.6 Å². The molecule has 2 heterocycles. The number of nitrogens with one attached hydrogen (secondary N) is 1. The van der Waals surface area contributed by atoms with Gasteiger partial charge in [-0.2, -0.15) is 9.78 Å². The molecule has 0 aliphatic rings. The average Bonchev–Trinajstić information content (AvgIpc) is 3.06. The second-order valence-electron chi connectivity index (χ2n) is 6.38. The van der Waals surface area contributed by atoms with E-state index in [-0.39, 0.29) is 5.56 Å². The zero-order valence-electron chi connectivity index (χ0n) is 15.3. The average molecular weight is 361 g/mol. The molecule has 136 valence electrons. The van der Waals surface area contributed by atoms with Gasteiger partial charge in [0.2, 0.25) is 0 Å². The molecule has 2 aromatic heterocycles. The molecule has 4 rings (SSSR count). The fourth-order valence-electron chi connectivity index (χ4n) is 2.92. The van der Waals surface area contributed by atoms with Crippen LogP contribution in [0.15, 0.2) is 58.7 Å². The van der Waals surface area contributed by atoms with E-state index in [0.29, 0.717) is 16.8 Å². The van der Waals surface area contributed by atoms with E-state index in [1.807, 2.05) is 61.5 Å². The lowest BCUT2D eigenvalue weighted by molar-refractivity contribution is 0.415. The number of hydrogen-bond acceptors (Lipinski definition) is 5. The Morgan fingerprint density at radius 1 is 1.19 bits per heavy atom. The molecular weight excluding hydrogens is 342 g/mol. The Kier molecular flexibility index (Phi) is 4.12. The molecule has 4 aromatic rings. The number of H-pyrrole nitrogens is 1. The van der Waals surface area contributed by atoms with Gasteiger partial charge in [-0.3, -0.25) is 4.79 Å². The Morgan fingerprint density at radius 2 is 1.96 bits per heavy atom. The van der Waals surface area contributed by atoms with Crippen LogP contribution in [0.3, 0.4) is 0 Å². The van der Waals surface area contributed by atoms with Crippen LogP contribution in [-0.2, 0) is 0 Å². The second-order valence-corrected chi connectivity index (χ2v) is 6.38. The van der Waals surface area contributed by atoms with Crippen LogP contribution in [0, 0.1) is 0 Å². The maximum absolute atomic E-state index is 12.8. The zero-order chi connectivity index (χ0) is 19.0. The van der Waals surface area contributed by atoms with E-state index >= 15 is 0 Å². The van der Waals surface area contributed by atoms with Crippen LogP contribution in [0.2, 0.25) is 0 Å². The molecule has 0 unspecified atom stereocenters. The van der Waals surface area contributed by atoms with Crippen LogP contribution in [0.5, 0.6) is 5.75 Å². The summed E-state index contributed by atoms with van der Waals surface area (Å²) in [6.45, 7) is 0. The lowest BCUT2D eigenvalue weighted by atomic mass is 10.2. The minimum Gasteiger partial charge on any atom is -0.497 e. The third-order valence-electron chi connectivity index (χ3n) is 4.44. The van der Waals surface area contributed by atoms with E-state index in [1.165, 1.54) is 11.0 Å². The summed E-state index contributed by atoms with van der Waals surface area (Å²) < 4.78 is 6.48. The minimum absolute atomic E-state index is 0.253. The van der Waals surface area contributed by atoms with Gasteiger partial charge in [0.1, 0.15) is 23.1 Å². The summed E-state index contributed by atoms with van der Waals surface area (Å²) >= 11 is 0. The monoisotopic (exact) mass is 361 g/mol. The summed E-state index contributed by atoms with van der Waals surface area (Å²) in [4.78, 5) is 22.3. The number of benzene rings is 2. The molecule has 0 saturated heterocycles. The molecular formula is C20H19N5O2. The smallest absolute Gasteiger partial charge is 0.298 e. The first-order valence-corrected chi connectivity index (χ1v) is 8.45. The first-order chi connectivity index (χ1) is 13.1. The van der Waals surface area contributed by atoms with Gasteiger partial charge in [0.15, 0.2) is 0 Å². The summed E-state index contributed by atoms with van der Waals surface area (Å²) in [5.41, 5.74) is 3.60. The van der Waals surface area contributed by atoms with Crippen molar-refractivity contribution >= 4 is 33.8 Å². The zero-order valence-corrected chi connectivity index (χ0v) is 15.3. The topological polar surface area (TPSA) is 75.5 Å². The van der Waals surface area contributed by atoms with Crippen molar-refractivity contribution in [3.05, 3.63) is 64.7 Å². The van der Waals surface area contributed by atoms with Crippen LogP contribution in [0.1, 0.15) is 5.56 Å². The van der Waals surface area contributed by atoms with Crippen LogP contribution in [0.25, 0.3) is 21.9 Å². The molecule has 0 amide bonds. The summed E-state index contributed by atoms with van der Waals surface area (Å²) in [6, 6.07) is 13.5. The van der Waals surface area contributed by atoms with Crippen molar-refractivity contribution in [2.24, 2.45) is 5.10 Å². The minimum atomic E-state index is -0.253. The highest BCUT2D eigenvalue weighted by Gasteiger charge is 2.11. The van der Waals surface area contributed by atoms with E-state index in [9.17, 15) is 4.79 Å². The number of anilines is 1. The summed E-state index contributed by atoms with van der Waals surface area (Å²) in [7, 11) is 5.58. The maximum Gasteiger partial charge on any atom is 0.298 e. The van der Waals surface area contributed by atoms with Crippen molar-refractivity contribution in [2.75, 3.05) is 26.1 Å². The number of aromatic nitrogens is 3. The van der Waals surface area contributed by atoms with Gasteiger partial charge in [0.25, 0.3) is 5.56 Å². The molecule has 0 aliphatic heterocycles. The summed E-state index contributed by atoms with van der Waals surface area (Å²) in [6.07, 6.45) is 3.07. The molecule has 0 spiro atoms. The Labute approximate surface area is 155 Å². The molecule has 1 N–H and O–H groups in total. The molecule has 27 heavy (non-hydrogen) atoms. The van der Waals surface area contributed by atoms with Gasteiger partial charge in [0, 0.05) is 30.7 Å². The lowest BCUT2D eigenvalue weighted by Crippen LogP contribution is -2.17. The van der Waals surface area contributed by atoms with Gasteiger partial charge in [0.05, 0.1) is 13.3 Å². The Bertz CT molecular complexity index is 1200. The fourth-order valence-corrected chi connectivity index (χ4v) is 2.92. The Balaban J connectivity index is 1.73. The predicted molar refractivity (Wildman–Crippen MR) is 108 cm³/mol. The number of nitrogens with zero attached hydrogens (tertiary/aromatic N) is 4. The molecule has 0 aliphatic carbocycles. The van der Waals surface area contributed by atoms with Crippen LogP contribution in [-0.4, -0.2) is 42.1 Å². The van der Waals surface area contributed by atoms with Crippen molar-refractivity contribution in [3.63, 3.8) is 0 Å². The quantitative estimate of drug-likeness (QED) is 0.567. The molecule has 2 aromatic carbocycles. The van der Waals surface area contributed by atoms with E-state index < -0.39 is 0 Å². The Morgan fingerprint density at radius 3 is 2.67 bits per heavy atom. The van der Waals surface area contributed by atoms with Crippen molar-refractivity contribution in [1.29, 1.82) is 0 Å². The first kappa shape index (κ1) is 16.8. The normalized spacial score (nSPS) is 11.5. The first-order valence-electron chi connectivity index (χ1n) is 8.45. The number of hydrogen-bond donors (Lipinski definition) is 1. The van der Waals surface area contributed by atoms with Gasteiger partial charge in [-0.15, -0.1) is 0 Å². The maximum atomic E-state index is 12.8. The molecule has 0 fully saturated rings. The number of rotatable bonds is 4. The van der Waals surface area contributed by atoms with Crippen LogP contribution >= 0.6 is 0 Å². The molecule has 0 atom stereocenters. The van der Waals surface area contributed by atoms with Crippen molar-refractivity contribution < 1.29 is 4.74 Å². The van der Waals surface area contributed by atoms with Gasteiger partial charge < -0.3 is 14.6 Å². The molecule has 7 heteroatoms. The molecule has 7 nitrogen and oxygen atoms in total. The molecule has 0 radical (unpaired) electrons. The highest BCUT2D eigenvalue weighted by Crippen LogP contribution is 2.25. The van der Waals surface area contributed by atoms with Gasteiger partial charge in [-0.25, -0.2) is 4.98 Å².